The maximum absolute atomic E-state index is 12.4. The first kappa shape index (κ1) is 17.7. The summed E-state index contributed by atoms with van der Waals surface area (Å²) >= 11 is 0. The first-order valence-corrected chi connectivity index (χ1v) is 9.31. The minimum atomic E-state index is -0.162. The van der Waals surface area contributed by atoms with Gasteiger partial charge in [0.15, 0.2) is 0 Å². The van der Waals surface area contributed by atoms with E-state index in [1.807, 2.05) is 18.2 Å². The molecule has 2 aromatic rings. The summed E-state index contributed by atoms with van der Waals surface area (Å²) in [6.07, 6.45) is 2.11. The fourth-order valence-corrected chi connectivity index (χ4v) is 3.65. The minimum Gasteiger partial charge on any atom is -0.340 e. The van der Waals surface area contributed by atoms with E-state index in [2.05, 4.69) is 26.8 Å². The summed E-state index contributed by atoms with van der Waals surface area (Å²) in [6.45, 7) is 4.59. The van der Waals surface area contributed by atoms with Crippen molar-refractivity contribution in [3.05, 3.63) is 52.2 Å². The molecule has 0 bridgehead atoms. The van der Waals surface area contributed by atoms with Crippen LogP contribution in [-0.4, -0.2) is 70.4 Å². The zero-order valence-electron chi connectivity index (χ0n) is 15.5. The second kappa shape index (κ2) is 7.48. The lowest BCUT2D eigenvalue weighted by atomic mass is 10.0. The number of aromatic amines is 1. The largest absolute Gasteiger partial charge is 0.340 e. The second-order valence-electron chi connectivity index (χ2n) is 7.28. The smallest absolute Gasteiger partial charge is 0.252 e. The van der Waals surface area contributed by atoms with Crippen LogP contribution in [0, 0.1) is 0 Å². The van der Waals surface area contributed by atoms with Gasteiger partial charge in [-0.3, -0.25) is 19.6 Å². The molecule has 2 aliphatic rings. The van der Waals surface area contributed by atoms with E-state index in [0.717, 1.165) is 31.9 Å². The van der Waals surface area contributed by atoms with Crippen molar-refractivity contribution >= 4 is 11.9 Å². The van der Waals surface area contributed by atoms with Crippen molar-refractivity contribution in [1.82, 2.24) is 24.8 Å². The van der Waals surface area contributed by atoms with Crippen molar-refractivity contribution in [3.8, 4) is 0 Å². The van der Waals surface area contributed by atoms with Crippen LogP contribution in [-0.2, 0) is 11.3 Å². The van der Waals surface area contributed by atoms with Crippen LogP contribution >= 0.6 is 0 Å². The molecule has 2 aliphatic heterocycles. The van der Waals surface area contributed by atoms with Crippen LogP contribution in [0.4, 0.5) is 5.95 Å². The topological polar surface area (TPSA) is 85.4 Å². The highest BCUT2D eigenvalue weighted by Gasteiger charge is 2.32. The van der Waals surface area contributed by atoms with Gasteiger partial charge in [-0.05, 0) is 19.2 Å². The van der Waals surface area contributed by atoms with Crippen molar-refractivity contribution < 1.29 is 4.79 Å². The number of carbonyl (C=O) groups excluding carboxylic acids is 1. The van der Waals surface area contributed by atoms with E-state index >= 15 is 0 Å². The van der Waals surface area contributed by atoms with Crippen LogP contribution in [0.5, 0.6) is 0 Å². The molecular weight excluding hydrogens is 344 g/mol. The number of likely N-dealkylation sites (N-methyl/N-ethyl adjacent to an activating group) is 1. The highest BCUT2D eigenvalue weighted by molar-refractivity contribution is 5.79. The molecule has 0 saturated carbocycles. The molecule has 1 unspecified atom stereocenters. The molecule has 142 valence electrons. The van der Waals surface area contributed by atoms with E-state index in [4.69, 9.17) is 4.98 Å². The maximum atomic E-state index is 12.4. The predicted molar refractivity (Wildman–Crippen MR) is 102 cm³/mol. The number of aromatic nitrogens is 3. The third kappa shape index (κ3) is 4.00. The summed E-state index contributed by atoms with van der Waals surface area (Å²) in [5.74, 6) is 0.629. The van der Waals surface area contributed by atoms with E-state index in [1.54, 1.807) is 11.1 Å². The zero-order chi connectivity index (χ0) is 18.8. The van der Waals surface area contributed by atoms with E-state index in [-0.39, 0.29) is 17.4 Å². The Morgan fingerprint density at radius 3 is 2.74 bits per heavy atom. The van der Waals surface area contributed by atoms with Gasteiger partial charge in [0.25, 0.3) is 5.56 Å². The van der Waals surface area contributed by atoms with Gasteiger partial charge in [0.2, 0.25) is 11.9 Å². The third-order valence-corrected chi connectivity index (χ3v) is 5.26. The highest BCUT2D eigenvalue weighted by atomic mass is 16.2. The van der Waals surface area contributed by atoms with Crippen LogP contribution in [0.1, 0.15) is 23.7 Å². The number of hydrogen-bond acceptors (Lipinski definition) is 6. The molecule has 2 saturated heterocycles. The fourth-order valence-electron chi connectivity index (χ4n) is 3.65. The number of H-pyrrole nitrogens is 1. The average molecular weight is 368 g/mol. The summed E-state index contributed by atoms with van der Waals surface area (Å²) in [5.41, 5.74) is 1.40. The second-order valence-corrected chi connectivity index (χ2v) is 7.28. The number of rotatable bonds is 4. The molecular formula is C19H24N6O2. The Morgan fingerprint density at radius 2 is 2.00 bits per heavy atom. The maximum Gasteiger partial charge on any atom is 0.252 e. The van der Waals surface area contributed by atoms with Gasteiger partial charge in [-0.25, -0.2) is 4.98 Å². The molecule has 4 rings (SSSR count). The predicted octanol–water partition coefficient (Wildman–Crippen LogP) is 0.433. The Labute approximate surface area is 157 Å². The van der Waals surface area contributed by atoms with Crippen molar-refractivity contribution in [2.45, 2.75) is 18.9 Å². The fraction of sp³-hybridized carbons (Fsp3) is 0.474. The van der Waals surface area contributed by atoms with E-state index < -0.39 is 0 Å². The Bertz CT molecular complexity index is 860. The van der Waals surface area contributed by atoms with Crippen molar-refractivity contribution in [1.29, 1.82) is 0 Å². The number of anilines is 1. The SMILES string of the molecule is CN1CCN(c2nc(C3CC(=O)N(Cc4ccccn4)C3)cc(=O)[nH]2)CC1. The van der Waals surface area contributed by atoms with E-state index in [9.17, 15) is 9.59 Å². The van der Waals surface area contributed by atoms with Crippen molar-refractivity contribution in [2.75, 3.05) is 44.7 Å². The Hall–Kier alpha value is -2.74. The molecule has 4 heterocycles. The molecule has 8 nitrogen and oxygen atoms in total. The molecule has 1 amide bonds. The van der Waals surface area contributed by atoms with Gasteiger partial charge in [0.05, 0.1) is 17.9 Å². The van der Waals surface area contributed by atoms with Crippen LogP contribution in [0.25, 0.3) is 0 Å². The average Bonchev–Trinajstić information content (AvgIpc) is 3.03. The molecule has 27 heavy (non-hydrogen) atoms. The number of likely N-dealkylation sites (tertiary alicyclic amines) is 1. The lowest BCUT2D eigenvalue weighted by Crippen LogP contribution is -2.45. The first-order chi connectivity index (χ1) is 13.1. The minimum absolute atomic E-state index is 0.0604. The first-order valence-electron chi connectivity index (χ1n) is 9.31. The normalized spacial score (nSPS) is 21.1. The van der Waals surface area contributed by atoms with Gasteiger partial charge in [0.1, 0.15) is 0 Å². The number of pyridine rings is 1. The number of nitrogens with zero attached hydrogens (tertiary/aromatic N) is 5. The van der Waals surface area contributed by atoms with Gasteiger partial charge in [0, 0.05) is 57.3 Å². The number of nitrogens with one attached hydrogen (secondary N) is 1. The van der Waals surface area contributed by atoms with Crippen molar-refractivity contribution in [2.24, 2.45) is 0 Å². The number of carbonyl (C=O) groups is 1. The van der Waals surface area contributed by atoms with Crippen LogP contribution in [0.3, 0.4) is 0 Å². The van der Waals surface area contributed by atoms with Gasteiger partial charge in [-0.1, -0.05) is 6.07 Å². The molecule has 8 heteroatoms. The van der Waals surface area contributed by atoms with E-state index in [0.29, 0.717) is 31.2 Å². The van der Waals surface area contributed by atoms with Gasteiger partial charge >= 0.3 is 0 Å². The Balaban J connectivity index is 1.50. The molecule has 1 atom stereocenters. The number of amides is 1. The highest BCUT2D eigenvalue weighted by Crippen LogP contribution is 2.28. The molecule has 1 N–H and O–H groups in total. The Morgan fingerprint density at radius 1 is 1.19 bits per heavy atom. The van der Waals surface area contributed by atoms with Crippen LogP contribution in [0.2, 0.25) is 0 Å². The Kier molecular flexibility index (Phi) is 4.89. The summed E-state index contributed by atoms with van der Waals surface area (Å²) in [7, 11) is 2.09. The number of piperazine rings is 1. The molecule has 0 spiro atoms. The lowest BCUT2D eigenvalue weighted by molar-refractivity contribution is -0.128. The molecule has 2 aromatic heterocycles. The van der Waals surface area contributed by atoms with Gasteiger partial charge in [-0.2, -0.15) is 0 Å². The quantitative estimate of drug-likeness (QED) is 0.843. The monoisotopic (exact) mass is 368 g/mol. The number of hydrogen-bond donors (Lipinski definition) is 1. The summed E-state index contributed by atoms with van der Waals surface area (Å²) in [4.78, 5) is 42.6. The molecule has 0 radical (unpaired) electrons. The standard InChI is InChI=1S/C19H24N6O2/c1-23-6-8-24(9-7-23)19-21-16(11-17(26)22-19)14-10-18(27)25(12-14)13-15-4-2-3-5-20-15/h2-5,11,14H,6-10,12-13H2,1H3,(H,21,22,26). The molecule has 0 aliphatic carbocycles. The van der Waals surface area contributed by atoms with Gasteiger partial charge in [-0.15, -0.1) is 0 Å². The lowest BCUT2D eigenvalue weighted by Gasteiger charge is -2.32. The van der Waals surface area contributed by atoms with E-state index in [1.165, 1.54) is 6.07 Å². The molecule has 0 aromatic carbocycles. The van der Waals surface area contributed by atoms with Crippen molar-refractivity contribution in [3.63, 3.8) is 0 Å². The molecule has 2 fully saturated rings. The summed E-state index contributed by atoms with van der Waals surface area (Å²) in [5, 5.41) is 0. The van der Waals surface area contributed by atoms with Crippen LogP contribution < -0.4 is 10.5 Å². The third-order valence-electron chi connectivity index (χ3n) is 5.26. The van der Waals surface area contributed by atoms with Crippen LogP contribution in [0.15, 0.2) is 35.3 Å². The van der Waals surface area contributed by atoms with Gasteiger partial charge < -0.3 is 14.7 Å². The summed E-state index contributed by atoms with van der Waals surface area (Å²) in [6, 6.07) is 7.22. The zero-order valence-corrected chi connectivity index (χ0v) is 15.5. The summed E-state index contributed by atoms with van der Waals surface area (Å²) < 4.78 is 0.